The Morgan fingerprint density at radius 3 is 1.61 bits per heavy atom. The number of aryl methyl sites for hydroxylation is 2. The summed E-state index contributed by atoms with van der Waals surface area (Å²) in [5.41, 5.74) is 25.3. The summed E-state index contributed by atoms with van der Waals surface area (Å²) >= 11 is 0. The molecule has 2 aliphatic carbocycles. The van der Waals surface area contributed by atoms with Gasteiger partial charge in [-0.2, -0.15) is 0 Å². The van der Waals surface area contributed by atoms with Crippen LogP contribution in [0, 0.1) is 0 Å². The third-order valence-corrected chi connectivity index (χ3v) is 19.4. The van der Waals surface area contributed by atoms with Crippen molar-refractivity contribution < 1.29 is 0 Å². The molecule has 0 amide bonds. The van der Waals surface area contributed by atoms with Gasteiger partial charge in [0.15, 0.2) is 0 Å². The zero-order valence-corrected chi connectivity index (χ0v) is 44.0. The van der Waals surface area contributed by atoms with E-state index in [4.69, 9.17) is 0 Å². The fourth-order valence-corrected chi connectivity index (χ4v) is 15.0. The maximum atomic E-state index is 2.89. The van der Waals surface area contributed by atoms with Crippen LogP contribution < -0.4 is 31.1 Å². The first kappa shape index (κ1) is 44.0. The average Bonchev–Trinajstić information content (AvgIpc) is 3.68. The van der Waals surface area contributed by atoms with Gasteiger partial charge < -0.3 is 14.7 Å². The Hall–Kier alpha value is -6.00. The highest BCUT2D eigenvalue weighted by atomic mass is 15.3. The van der Waals surface area contributed by atoms with Crippen molar-refractivity contribution in [1.29, 1.82) is 0 Å². The van der Waals surface area contributed by atoms with Crippen molar-refractivity contribution in [2.45, 2.75) is 154 Å². The molecule has 0 saturated heterocycles. The molecule has 0 fully saturated rings. The van der Waals surface area contributed by atoms with E-state index < -0.39 is 0 Å². The van der Waals surface area contributed by atoms with Gasteiger partial charge in [0.25, 0.3) is 6.71 Å². The van der Waals surface area contributed by atoms with Gasteiger partial charge in [0.2, 0.25) is 0 Å². The molecule has 0 saturated carbocycles. The smallest absolute Gasteiger partial charge is 0.252 e. The Kier molecular flexibility index (Phi) is 8.73. The van der Waals surface area contributed by atoms with E-state index in [-0.39, 0.29) is 44.9 Å². The molecule has 0 bridgehead atoms. The summed E-state index contributed by atoms with van der Waals surface area (Å²) in [4.78, 5) is 8.41. The minimum Gasteiger partial charge on any atom is -0.331 e. The van der Waals surface area contributed by atoms with Crippen LogP contribution in [0.2, 0.25) is 0 Å². The van der Waals surface area contributed by atoms with E-state index in [2.05, 4.69) is 244 Å². The van der Waals surface area contributed by atoms with Gasteiger partial charge in [-0.05, 0) is 159 Å². The Balaban J connectivity index is 1.19. The van der Waals surface area contributed by atoms with E-state index in [0.29, 0.717) is 0 Å². The maximum Gasteiger partial charge on any atom is 0.252 e. The predicted molar refractivity (Wildman–Crippen MR) is 298 cm³/mol. The first-order chi connectivity index (χ1) is 33.1. The minimum absolute atomic E-state index is 0.0212. The number of rotatable bonds is 2. The molecule has 70 heavy (non-hydrogen) atoms. The number of benzene rings is 7. The second-order valence-electron chi connectivity index (χ2n) is 26.0. The molecule has 0 N–H and O–H groups in total. The average molecular weight is 916 g/mol. The molecule has 6 aliphatic rings. The van der Waals surface area contributed by atoms with E-state index in [1.165, 1.54) is 106 Å². The fraction of sp³-hybridized carbons (Fsp3) is 0.364. The van der Waals surface area contributed by atoms with Gasteiger partial charge in [-0.25, -0.2) is 0 Å². The van der Waals surface area contributed by atoms with Crippen LogP contribution in [0.4, 0.5) is 39.8 Å². The predicted octanol–water partition coefficient (Wildman–Crippen LogP) is 14.7. The Morgan fingerprint density at radius 2 is 0.957 bits per heavy atom. The summed E-state index contributed by atoms with van der Waals surface area (Å²) in [7, 11) is 0. The lowest BCUT2D eigenvalue weighted by Gasteiger charge is -2.54. The summed E-state index contributed by atoms with van der Waals surface area (Å²) in [6, 6.07) is 56.0. The maximum absolute atomic E-state index is 2.89. The van der Waals surface area contributed by atoms with Crippen molar-refractivity contribution >= 4 is 62.9 Å². The van der Waals surface area contributed by atoms with Gasteiger partial charge in [0, 0.05) is 50.6 Å². The Bertz CT molecular complexity index is 3400. The number of nitrogens with zero attached hydrogens (tertiary/aromatic N) is 3. The molecule has 7 aromatic carbocycles. The zero-order chi connectivity index (χ0) is 48.9. The SMILES string of the molecule is CC(C)(C)c1cccc(N2c3cc(C(C)(C)C)ccc3B3c4cccc5c4N(c4cc(N6c7ccc(C(C)(C)C)cc7C7(C)CCc8ccccc8C67C)cc2c43)C2(C)c3ccccc3CCC52C)c1. The molecule has 3 nitrogen and oxygen atoms in total. The summed E-state index contributed by atoms with van der Waals surface area (Å²) in [5.74, 6) is 0. The van der Waals surface area contributed by atoms with Crippen molar-refractivity contribution in [2.24, 2.45) is 0 Å². The highest BCUT2D eigenvalue weighted by Gasteiger charge is 2.64. The second kappa shape index (κ2) is 13.9. The summed E-state index contributed by atoms with van der Waals surface area (Å²) in [6.45, 7) is 31.7. The highest BCUT2D eigenvalue weighted by molar-refractivity contribution is 7.00. The van der Waals surface area contributed by atoms with Crippen LogP contribution in [-0.4, -0.2) is 6.71 Å². The lowest BCUT2D eigenvalue weighted by atomic mass is 9.33. The third-order valence-electron chi connectivity index (χ3n) is 19.4. The van der Waals surface area contributed by atoms with Gasteiger partial charge in [0.1, 0.15) is 0 Å². The van der Waals surface area contributed by atoms with Crippen LogP contribution in [0.15, 0.2) is 140 Å². The van der Waals surface area contributed by atoms with Crippen LogP contribution >= 0.6 is 0 Å². The highest BCUT2D eigenvalue weighted by Crippen LogP contribution is 2.67. The van der Waals surface area contributed by atoms with Gasteiger partial charge >= 0.3 is 0 Å². The molecular weight excluding hydrogens is 846 g/mol. The lowest BCUT2D eigenvalue weighted by Crippen LogP contribution is -2.64. The first-order valence-electron chi connectivity index (χ1n) is 26.4. The molecule has 0 aromatic heterocycles. The summed E-state index contributed by atoms with van der Waals surface area (Å²) in [5, 5.41) is 0. The standard InChI is InChI=1S/C66H70BN3/c1-60(2,3)43-22-18-23-46(36-43)68-55-38-45(62(7,8)9)28-30-52(55)67-53-27-19-26-50-59(53)70(66(13)49-25-17-15-21-42(49)32-34-63(50,66)10)57-40-47(39-56(68)58(57)67)69-54-31-29-44(61(4,5)6)37-51(54)64(11)35-33-41-20-14-16-24-48(41)65(64,69)12/h14-31,36-40H,32-35H2,1-13H3. The number of hydrogen-bond acceptors (Lipinski definition) is 3. The third kappa shape index (κ3) is 5.44. The van der Waals surface area contributed by atoms with Crippen LogP contribution in [-0.2, 0) is 51.0 Å². The van der Waals surface area contributed by atoms with Crippen molar-refractivity contribution in [3.63, 3.8) is 0 Å². The summed E-state index contributed by atoms with van der Waals surface area (Å²) < 4.78 is 0. The molecule has 352 valence electrons. The first-order valence-corrected chi connectivity index (χ1v) is 26.4. The van der Waals surface area contributed by atoms with E-state index in [1.54, 1.807) is 0 Å². The molecule has 7 aromatic rings. The Morgan fingerprint density at radius 1 is 0.414 bits per heavy atom. The number of hydrogen-bond donors (Lipinski definition) is 0. The molecule has 4 unspecified atom stereocenters. The van der Waals surface area contributed by atoms with Crippen LogP contribution in [0.3, 0.4) is 0 Å². The molecule has 0 spiro atoms. The molecule has 4 heteroatoms. The van der Waals surface area contributed by atoms with Gasteiger partial charge in [-0.15, -0.1) is 0 Å². The van der Waals surface area contributed by atoms with Crippen molar-refractivity contribution in [1.82, 2.24) is 0 Å². The molecule has 13 rings (SSSR count). The van der Waals surface area contributed by atoms with E-state index in [1.807, 2.05) is 0 Å². The molecular formula is C66H70BN3. The summed E-state index contributed by atoms with van der Waals surface area (Å²) in [6.07, 6.45) is 4.33. The zero-order valence-electron chi connectivity index (χ0n) is 44.0. The normalized spacial score (nSPS) is 24.5. The fourth-order valence-electron chi connectivity index (χ4n) is 15.0. The van der Waals surface area contributed by atoms with Crippen molar-refractivity contribution in [3.8, 4) is 0 Å². The van der Waals surface area contributed by atoms with Gasteiger partial charge in [-0.1, -0.05) is 179 Å². The number of fused-ring (bicyclic) bond motifs is 14. The van der Waals surface area contributed by atoms with Crippen LogP contribution in [0.1, 0.15) is 153 Å². The van der Waals surface area contributed by atoms with Crippen LogP contribution in [0.5, 0.6) is 0 Å². The van der Waals surface area contributed by atoms with Crippen LogP contribution in [0.25, 0.3) is 0 Å². The quantitative estimate of drug-likeness (QED) is 0.160. The Labute approximate surface area is 419 Å². The second-order valence-corrected chi connectivity index (χ2v) is 26.0. The van der Waals surface area contributed by atoms with Crippen molar-refractivity contribution in [2.75, 3.05) is 14.7 Å². The number of anilines is 7. The largest absolute Gasteiger partial charge is 0.331 e. The monoisotopic (exact) mass is 916 g/mol. The molecule has 4 atom stereocenters. The van der Waals surface area contributed by atoms with E-state index >= 15 is 0 Å². The number of para-hydroxylation sites is 1. The topological polar surface area (TPSA) is 9.72 Å². The molecule has 4 aliphatic heterocycles. The minimum atomic E-state index is -0.372. The van der Waals surface area contributed by atoms with E-state index in [0.717, 1.165) is 25.7 Å². The van der Waals surface area contributed by atoms with Crippen molar-refractivity contribution in [3.05, 3.63) is 190 Å². The lowest BCUT2D eigenvalue weighted by molar-refractivity contribution is 0.244. The van der Waals surface area contributed by atoms with E-state index in [9.17, 15) is 0 Å². The van der Waals surface area contributed by atoms with Gasteiger partial charge in [0.05, 0.1) is 11.1 Å². The molecule has 0 radical (unpaired) electrons. The molecule has 4 heterocycles. The van der Waals surface area contributed by atoms with Gasteiger partial charge in [-0.3, -0.25) is 0 Å².